The van der Waals surface area contributed by atoms with Crippen LogP contribution in [0.1, 0.15) is 36.3 Å². The smallest absolute Gasteiger partial charge is 0.161 e. The summed E-state index contributed by atoms with van der Waals surface area (Å²) in [6.07, 6.45) is 1.99. The Hall–Kier alpha value is -2.94. The van der Waals surface area contributed by atoms with Gasteiger partial charge in [0.05, 0.1) is 22.6 Å². The van der Waals surface area contributed by atoms with E-state index in [0.717, 1.165) is 29.7 Å². The Morgan fingerprint density at radius 2 is 1.97 bits per heavy atom. The zero-order valence-corrected chi connectivity index (χ0v) is 18.5. The lowest BCUT2D eigenvalue weighted by molar-refractivity contribution is -0.116. The molecule has 1 heterocycles. The number of nitrogens with two attached hydrogens (primary N) is 1. The normalized spacial score (nSPS) is 18.7. The molecule has 2 N–H and O–H groups in total. The van der Waals surface area contributed by atoms with Crippen molar-refractivity contribution in [3.05, 3.63) is 86.3 Å². The molecule has 1 aliphatic carbocycles. The lowest BCUT2D eigenvalue weighted by Crippen LogP contribution is -2.36. The fourth-order valence-electron chi connectivity index (χ4n) is 4.18. The summed E-state index contributed by atoms with van der Waals surface area (Å²) in [5.41, 5.74) is 9.75. The molecule has 31 heavy (non-hydrogen) atoms. The van der Waals surface area contributed by atoms with Crippen LogP contribution < -0.4 is 10.5 Å². The number of ketones is 1. The average molecular weight is 454 g/mol. The van der Waals surface area contributed by atoms with Gasteiger partial charge in [-0.05, 0) is 36.6 Å². The highest BCUT2D eigenvalue weighted by Gasteiger charge is 2.38. The van der Waals surface area contributed by atoms with E-state index in [-0.39, 0.29) is 12.4 Å². The second kappa shape index (κ2) is 8.66. The quantitative estimate of drug-likeness (QED) is 0.678. The Labute approximate surface area is 191 Å². The third-order valence-corrected chi connectivity index (χ3v) is 6.46. The molecule has 2 aromatic rings. The third kappa shape index (κ3) is 3.89. The van der Waals surface area contributed by atoms with E-state index in [2.05, 4.69) is 6.07 Å². The number of rotatable bonds is 4. The molecule has 0 bridgehead atoms. The highest BCUT2D eigenvalue weighted by molar-refractivity contribution is 6.32. The van der Waals surface area contributed by atoms with Crippen LogP contribution in [0, 0.1) is 11.3 Å². The fourth-order valence-corrected chi connectivity index (χ4v) is 4.61. The molecule has 0 saturated heterocycles. The molecule has 2 aliphatic rings. The summed E-state index contributed by atoms with van der Waals surface area (Å²) < 4.78 is 5.86. The van der Waals surface area contributed by atoms with Gasteiger partial charge in [0, 0.05) is 35.3 Å². The van der Waals surface area contributed by atoms with E-state index >= 15 is 0 Å². The van der Waals surface area contributed by atoms with Crippen molar-refractivity contribution < 1.29 is 9.53 Å². The second-order valence-electron chi connectivity index (χ2n) is 7.61. The van der Waals surface area contributed by atoms with Crippen LogP contribution >= 0.6 is 23.2 Å². The van der Waals surface area contributed by atoms with Crippen molar-refractivity contribution in [1.82, 2.24) is 4.90 Å². The van der Waals surface area contributed by atoms with Crippen molar-refractivity contribution in [2.45, 2.75) is 31.8 Å². The van der Waals surface area contributed by atoms with Gasteiger partial charge in [-0.3, -0.25) is 4.79 Å². The molecular weight excluding hydrogens is 433 g/mol. The first kappa shape index (κ1) is 21.3. The number of ether oxygens (including phenoxy) is 1. The van der Waals surface area contributed by atoms with E-state index in [0.29, 0.717) is 39.2 Å². The van der Waals surface area contributed by atoms with Gasteiger partial charge in [0.15, 0.2) is 5.78 Å². The number of carbonyl (C=O) groups is 1. The minimum Gasteiger partial charge on any atom is -0.487 e. The van der Waals surface area contributed by atoms with Crippen LogP contribution in [0.15, 0.2) is 65.1 Å². The van der Waals surface area contributed by atoms with Gasteiger partial charge in [-0.25, -0.2) is 0 Å². The molecule has 158 valence electrons. The third-order valence-electron chi connectivity index (χ3n) is 5.80. The van der Waals surface area contributed by atoms with E-state index in [9.17, 15) is 10.1 Å². The highest BCUT2D eigenvalue weighted by Crippen LogP contribution is 2.45. The van der Waals surface area contributed by atoms with Crippen molar-refractivity contribution in [3.63, 3.8) is 0 Å². The topological polar surface area (TPSA) is 79.3 Å². The molecule has 0 amide bonds. The van der Waals surface area contributed by atoms with Gasteiger partial charge in [-0.2, -0.15) is 5.26 Å². The first-order valence-corrected chi connectivity index (χ1v) is 10.7. The SMILES string of the molecule is CN1C(N)=C(C#N)[C@@H](c2ccc(OCc3ccccc3Cl)c(Cl)c2)C2=C1CCCC2=O. The van der Waals surface area contributed by atoms with Crippen molar-refractivity contribution in [1.29, 1.82) is 5.26 Å². The van der Waals surface area contributed by atoms with Crippen LogP contribution in [0.3, 0.4) is 0 Å². The number of nitrogens with zero attached hydrogens (tertiary/aromatic N) is 2. The number of carbonyl (C=O) groups excluding carboxylic acids is 1. The first-order chi connectivity index (χ1) is 14.9. The van der Waals surface area contributed by atoms with Crippen molar-refractivity contribution in [3.8, 4) is 11.8 Å². The second-order valence-corrected chi connectivity index (χ2v) is 8.42. The summed E-state index contributed by atoms with van der Waals surface area (Å²) in [5, 5.41) is 10.8. The van der Waals surface area contributed by atoms with Crippen molar-refractivity contribution in [2.24, 2.45) is 5.73 Å². The molecule has 0 radical (unpaired) electrons. The van der Waals surface area contributed by atoms with E-state index in [1.807, 2.05) is 24.3 Å². The predicted octanol–water partition coefficient (Wildman–Crippen LogP) is 5.30. The summed E-state index contributed by atoms with van der Waals surface area (Å²) in [6, 6.07) is 15.0. The van der Waals surface area contributed by atoms with Gasteiger partial charge >= 0.3 is 0 Å². The number of benzene rings is 2. The molecule has 1 atom stereocenters. The highest BCUT2D eigenvalue weighted by atomic mass is 35.5. The molecule has 0 spiro atoms. The van der Waals surface area contributed by atoms with Crippen molar-refractivity contribution in [2.75, 3.05) is 7.05 Å². The number of hydrogen-bond acceptors (Lipinski definition) is 5. The Bertz CT molecular complexity index is 1160. The largest absolute Gasteiger partial charge is 0.487 e. The summed E-state index contributed by atoms with van der Waals surface area (Å²) >= 11 is 12.7. The van der Waals surface area contributed by atoms with Gasteiger partial charge in [0.1, 0.15) is 18.2 Å². The number of allylic oxidation sites excluding steroid dienone is 3. The Morgan fingerprint density at radius 1 is 1.19 bits per heavy atom. The zero-order chi connectivity index (χ0) is 22.1. The van der Waals surface area contributed by atoms with Crippen LogP contribution in [-0.4, -0.2) is 17.7 Å². The molecule has 7 heteroatoms. The van der Waals surface area contributed by atoms with Crippen LogP contribution in [0.4, 0.5) is 0 Å². The first-order valence-electron chi connectivity index (χ1n) is 9.97. The maximum Gasteiger partial charge on any atom is 0.161 e. The number of Topliss-reactive ketones (excluding diaryl/α,β-unsaturated/α-hetero) is 1. The number of hydrogen-bond donors (Lipinski definition) is 1. The van der Waals surface area contributed by atoms with Gasteiger partial charge < -0.3 is 15.4 Å². The summed E-state index contributed by atoms with van der Waals surface area (Å²) in [5.74, 6) is 0.390. The summed E-state index contributed by atoms with van der Waals surface area (Å²) in [6.45, 7) is 0.275. The fraction of sp³-hybridized carbons (Fsp3) is 0.250. The van der Waals surface area contributed by atoms with E-state index in [1.54, 1.807) is 30.1 Å². The molecule has 0 unspecified atom stereocenters. The Kier molecular flexibility index (Phi) is 5.95. The van der Waals surface area contributed by atoms with Crippen molar-refractivity contribution >= 4 is 29.0 Å². The molecule has 0 fully saturated rings. The molecule has 2 aromatic carbocycles. The van der Waals surface area contributed by atoms with Gasteiger partial charge in [-0.1, -0.05) is 47.5 Å². The average Bonchev–Trinajstić information content (AvgIpc) is 2.76. The lowest BCUT2D eigenvalue weighted by Gasteiger charge is -2.37. The monoisotopic (exact) mass is 453 g/mol. The maximum absolute atomic E-state index is 12.8. The molecule has 4 rings (SSSR count). The molecule has 0 saturated carbocycles. The maximum atomic E-state index is 12.8. The minimum atomic E-state index is -0.529. The van der Waals surface area contributed by atoms with Gasteiger partial charge in [-0.15, -0.1) is 0 Å². The summed E-state index contributed by atoms with van der Waals surface area (Å²) in [7, 11) is 1.80. The Morgan fingerprint density at radius 3 is 2.68 bits per heavy atom. The van der Waals surface area contributed by atoms with Crippen LogP contribution in [-0.2, 0) is 11.4 Å². The Balaban J connectivity index is 1.69. The zero-order valence-electron chi connectivity index (χ0n) is 17.0. The predicted molar refractivity (Wildman–Crippen MR) is 120 cm³/mol. The lowest BCUT2D eigenvalue weighted by atomic mass is 9.76. The van der Waals surface area contributed by atoms with Gasteiger partial charge in [0.25, 0.3) is 0 Å². The van der Waals surface area contributed by atoms with E-state index in [4.69, 9.17) is 33.7 Å². The van der Waals surface area contributed by atoms with E-state index < -0.39 is 5.92 Å². The molecule has 5 nitrogen and oxygen atoms in total. The molecule has 1 aliphatic heterocycles. The molecular formula is C24H21Cl2N3O2. The van der Waals surface area contributed by atoms with Crippen LogP contribution in [0.2, 0.25) is 10.0 Å². The summed E-state index contributed by atoms with van der Waals surface area (Å²) in [4.78, 5) is 14.6. The van der Waals surface area contributed by atoms with E-state index in [1.165, 1.54) is 0 Å². The number of halogens is 2. The standard InChI is InChI=1S/C24H21Cl2N3O2/c1-29-19-7-4-8-20(30)23(19)22(16(12-27)24(29)28)14-9-10-21(18(26)11-14)31-13-15-5-2-3-6-17(15)25/h2-3,5-6,9-11,22H,4,7-8,13,28H2,1H3/t22-/m1/s1. The minimum absolute atomic E-state index is 0.0496. The van der Waals surface area contributed by atoms with Crippen LogP contribution in [0.5, 0.6) is 5.75 Å². The van der Waals surface area contributed by atoms with Crippen LogP contribution in [0.25, 0.3) is 0 Å². The number of nitriles is 1. The molecule has 0 aromatic heterocycles. The van der Waals surface area contributed by atoms with Gasteiger partial charge in [0.2, 0.25) is 0 Å².